The quantitative estimate of drug-likeness (QED) is 0.648. The number of hydrogen-bond donors (Lipinski definition) is 1. The smallest absolute Gasteiger partial charge is 0.450 e. The number of benzene rings is 1. The summed E-state index contributed by atoms with van der Waals surface area (Å²) >= 11 is 0. The van der Waals surface area contributed by atoms with Crippen LogP contribution in [0.2, 0.25) is 0 Å². The molecule has 0 aliphatic carbocycles. The van der Waals surface area contributed by atoms with E-state index in [1.807, 2.05) is 6.07 Å². The van der Waals surface area contributed by atoms with E-state index in [1.54, 1.807) is 25.1 Å². The van der Waals surface area contributed by atoms with Gasteiger partial charge in [0.15, 0.2) is 0 Å². The Morgan fingerprint density at radius 3 is 2.50 bits per heavy atom. The van der Waals surface area contributed by atoms with Gasteiger partial charge in [-0.15, -0.1) is 0 Å². The van der Waals surface area contributed by atoms with Gasteiger partial charge in [0, 0.05) is 5.92 Å². The zero-order chi connectivity index (χ0) is 16.6. The lowest BCUT2D eigenvalue weighted by atomic mass is 9.91. The van der Waals surface area contributed by atoms with E-state index in [0.717, 1.165) is 24.8 Å². The summed E-state index contributed by atoms with van der Waals surface area (Å²) in [4.78, 5) is 11.3. The fourth-order valence-electron chi connectivity index (χ4n) is 2.60. The van der Waals surface area contributed by atoms with Crippen LogP contribution in [0, 0.1) is 5.92 Å². The Kier molecular flexibility index (Phi) is 7.42. The molecule has 0 spiro atoms. The molecule has 0 heterocycles. The Labute approximate surface area is 129 Å². The molecule has 0 aliphatic heterocycles. The number of alkyl halides is 3. The Morgan fingerprint density at radius 1 is 1.18 bits per heavy atom. The van der Waals surface area contributed by atoms with E-state index in [-0.39, 0.29) is 5.75 Å². The third kappa shape index (κ3) is 6.50. The average Bonchev–Trinajstić information content (AvgIpc) is 2.44. The van der Waals surface area contributed by atoms with E-state index in [4.69, 9.17) is 0 Å². The fourth-order valence-corrected chi connectivity index (χ4v) is 2.60. The minimum absolute atomic E-state index is 0.219. The number of aryl methyl sites for hydroxylation is 1. The number of rotatable bonds is 9. The van der Waals surface area contributed by atoms with Crippen molar-refractivity contribution in [3.8, 4) is 5.75 Å². The van der Waals surface area contributed by atoms with Crippen LogP contribution in [0.5, 0.6) is 5.75 Å². The van der Waals surface area contributed by atoms with E-state index >= 15 is 0 Å². The highest BCUT2D eigenvalue weighted by molar-refractivity contribution is 5.86. The molecule has 0 aliphatic rings. The van der Waals surface area contributed by atoms with Crippen molar-refractivity contribution in [2.24, 2.45) is 5.92 Å². The number of phenolic OH excluding ortho intramolecular Hbond substituents is 1. The summed E-state index contributed by atoms with van der Waals surface area (Å²) in [7, 11) is 0. The summed E-state index contributed by atoms with van der Waals surface area (Å²) in [5.41, 5.74) is 1.01. The highest BCUT2D eigenvalue weighted by Gasteiger charge is 2.42. The number of carbonyl (C=O) groups excluding carboxylic acids is 1. The van der Waals surface area contributed by atoms with Crippen LogP contribution in [0.1, 0.15) is 51.0 Å². The first kappa shape index (κ1) is 18.5. The minimum atomic E-state index is -4.72. The number of halogens is 3. The Morgan fingerprint density at radius 2 is 1.91 bits per heavy atom. The van der Waals surface area contributed by atoms with Crippen molar-refractivity contribution in [2.75, 3.05) is 0 Å². The van der Waals surface area contributed by atoms with Gasteiger partial charge in [0.2, 0.25) is 5.78 Å². The number of hydrogen-bond acceptors (Lipinski definition) is 2. The number of Topliss-reactive ketones (excluding diaryl/α,β-unsaturated/α-hetero) is 1. The van der Waals surface area contributed by atoms with Gasteiger partial charge < -0.3 is 5.11 Å². The van der Waals surface area contributed by atoms with Crippen LogP contribution in [0.3, 0.4) is 0 Å². The molecule has 0 bridgehead atoms. The molecular formula is C17H23F3O2. The van der Waals surface area contributed by atoms with Gasteiger partial charge in [-0.1, -0.05) is 38.3 Å². The highest BCUT2D eigenvalue weighted by atomic mass is 19.4. The number of ketones is 1. The lowest BCUT2D eigenvalue weighted by Gasteiger charge is -2.16. The van der Waals surface area contributed by atoms with E-state index in [9.17, 15) is 23.1 Å². The van der Waals surface area contributed by atoms with Gasteiger partial charge in [0.1, 0.15) is 5.75 Å². The molecule has 1 rings (SSSR count). The lowest BCUT2D eigenvalue weighted by Crippen LogP contribution is -2.30. The molecule has 1 unspecified atom stereocenters. The molecule has 0 radical (unpaired) electrons. The summed E-state index contributed by atoms with van der Waals surface area (Å²) in [6.45, 7) is 1.79. The molecule has 0 saturated carbocycles. The summed E-state index contributed by atoms with van der Waals surface area (Å²) in [6.07, 6.45) is -0.539. The molecule has 0 fully saturated rings. The predicted octanol–water partition coefficient (Wildman–Crippen LogP) is 5.04. The van der Waals surface area contributed by atoms with Crippen LogP contribution in [0.15, 0.2) is 24.3 Å². The van der Waals surface area contributed by atoms with Crippen molar-refractivity contribution >= 4 is 5.78 Å². The maximum atomic E-state index is 12.5. The fraction of sp³-hybridized carbons (Fsp3) is 0.588. The maximum Gasteiger partial charge on any atom is 0.450 e. The van der Waals surface area contributed by atoms with Crippen molar-refractivity contribution in [3.63, 3.8) is 0 Å². The zero-order valence-electron chi connectivity index (χ0n) is 12.8. The highest BCUT2D eigenvalue weighted by Crippen LogP contribution is 2.27. The molecule has 0 amide bonds. The van der Waals surface area contributed by atoms with Crippen LogP contribution in [0.25, 0.3) is 0 Å². The molecule has 124 valence electrons. The molecule has 0 saturated heterocycles. The lowest BCUT2D eigenvalue weighted by molar-refractivity contribution is -0.176. The van der Waals surface area contributed by atoms with Gasteiger partial charge in [-0.05, 0) is 43.4 Å². The summed E-state index contributed by atoms with van der Waals surface area (Å²) < 4.78 is 37.5. The predicted molar refractivity (Wildman–Crippen MR) is 79.7 cm³/mol. The standard InChI is InChI=1S/C17H23F3O2/c1-2-7-14(16(22)17(18,19)20)10-5-3-4-8-13-9-6-11-15(21)12-13/h6,9,11-12,14,21H,2-5,7-8,10H2,1H3. The molecule has 0 aromatic heterocycles. The third-order valence-corrected chi connectivity index (χ3v) is 3.72. The SMILES string of the molecule is CCCC(CCCCCc1cccc(O)c1)C(=O)C(F)(F)F. The average molecular weight is 316 g/mol. The second-order valence-corrected chi connectivity index (χ2v) is 5.62. The van der Waals surface area contributed by atoms with Crippen molar-refractivity contribution < 1.29 is 23.1 Å². The van der Waals surface area contributed by atoms with Gasteiger partial charge in [-0.3, -0.25) is 4.79 Å². The molecule has 1 atom stereocenters. The molecule has 1 N–H and O–H groups in total. The van der Waals surface area contributed by atoms with Crippen LogP contribution in [0.4, 0.5) is 13.2 Å². The summed E-state index contributed by atoms with van der Waals surface area (Å²) in [5.74, 6) is -2.26. The molecule has 1 aromatic carbocycles. The second-order valence-electron chi connectivity index (χ2n) is 5.62. The first-order chi connectivity index (χ1) is 10.3. The molecule has 22 heavy (non-hydrogen) atoms. The van der Waals surface area contributed by atoms with Crippen molar-refractivity contribution in [3.05, 3.63) is 29.8 Å². The number of unbranched alkanes of at least 4 members (excludes halogenated alkanes) is 2. The third-order valence-electron chi connectivity index (χ3n) is 3.72. The Hall–Kier alpha value is -1.52. The number of phenols is 1. The minimum Gasteiger partial charge on any atom is -0.508 e. The van der Waals surface area contributed by atoms with Gasteiger partial charge in [-0.2, -0.15) is 13.2 Å². The number of aromatic hydroxyl groups is 1. The van der Waals surface area contributed by atoms with Crippen LogP contribution in [-0.4, -0.2) is 17.1 Å². The van der Waals surface area contributed by atoms with E-state index in [1.165, 1.54) is 0 Å². The van der Waals surface area contributed by atoms with E-state index in [2.05, 4.69) is 0 Å². The molecular weight excluding hydrogens is 293 g/mol. The Bertz CT molecular complexity index is 469. The first-order valence-electron chi connectivity index (χ1n) is 7.73. The zero-order valence-corrected chi connectivity index (χ0v) is 12.8. The summed E-state index contributed by atoms with van der Waals surface area (Å²) in [6, 6.07) is 6.96. The van der Waals surface area contributed by atoms with Crippen molar-refractivity contribution in [2.45, 2.75) is 58.0 Å². The normalized spacial score (nSPS) is 13.1. The van der Waals surface area contributed by atoms with Crippen LogP contribution < -0.4 is 0 Å². The van der Waals surface area contributed by atoms with Crippen molar-refractivity contribution in [1.29, 1.82) is 0 Å². The van der Waals surface area contributed by atoms with Gasteiger partial charge >= 0.3 is 6.18 Å². The summed E-state index contributed by atoms with van der Waals surface area (Å²) in [5, 5.41) is 9.34. The largest absolute Gasteiger partial charge is 0.508 e. The first-order valence-corrected chi connectivity index (χ1v) is 7.73. The molecule has 2 nitrogen and oxygen atoms in total. The topological polar surface area (TPSA) is 37.3 Å². The van der Waals surface area contributed by atoms with Crippen LogP contribution >= 0.6 is 0 Å². The number of carbonyl (C=O) groups is 1. The Balaban J connectivity index is 2.33. The van der Waals surface area contributed by atoms with Gasteiger partial charge in [0.05, 0.1) is 0 Å². The second kappa shape index (κ2) is 8.81. The van der Waals surface area contributed by atoms with Crippen molar-refractivity contribution in [1.82, 2.24) is 0 Å². The maximum absolute atomic E-state index is 12.5. The monoisotopic (exact) mass is 316 g/mol. The van der Waals surface area contributed by atoms with Gasteiger partial charge in [0.25, 0.3) is 0 Å². The van der Waals surface area contributed by atoms with E-state index < -0.39 is 17.9 Å². The molecule has 1 aromatic rings. The van der Waals surface area contributed by atoms with E-state index in [0.29, 0.717) is 25.7 Å². The molecule has 5 heteroatoms. The van der Waals surface area contributed by atoms with Crippen LogP contribution in [-0.2, 0) is 11.2 Å². The van der Waals surface area contributed by atoms with Gasteiger partial charge in [-0.25, -0.2) is 0 Å².